The molecule has 20 heavy (non-hydrogen) atoms. The van der Waals surface area contributed by atoms with E-state index in [2.05, 4.69) is 69.6 Å². The molecule has 0 aliphatic carbocycles. The zero-order chi connectivity index (χ0) is 13.9. The number of aryl methyl sites for hydroxylation is 2. The zero-order valence-electron chi connectivity index (χ0n) is 11.9. The summed E-state index contributed by atoms with van der Waals surface area (Å²) in [6, 6.07) is 8.63. The fourth-order valence-electron chi connectivity index (χ4n) is 2.46. The molecule has 1 aromatic carbocycles. The van der Waals surface area contributed by atoms with Gasteiger partial charge in [-0.25, -0.2) is 19.1 Å². The SMILES string of the molecule is Cc1[nH]cc[n+]1Cc1ccccc1C[n+]1cc[nH]c1C. The summed E-state index contributed by atoms with van der Waals surface area (Å²) in [6.45, 7) is 5.98. The van der Waals surface area contributed by atoms with Crippen LogP contribution in [0.5, 0.6) is 0 Å². The van der Waals surface area contributed by atoms with Gasteiger partial charge in [-0.15, -0.1) is 0 Å². The lowest BCUT2D eigenvalue weighted by Gasteiger charge is -2.07. The molecule has 0 saturated heterocycles. The zero-order valence-corrected chi connectivity index (χ0v) is 11.9. The van der Waals surface area contributed by atoms with Gasteiger partial charge in [0, 0.05) is 25.0 Å². The Morgan fingerprint density at radius 1 is 0.800 bits per heavy atom. The molecule has 0 radical (unpaired) electrons. The molecule has 0 atom stereocenters. The van der Waals surface area contributed by atoms with Gasteiger partial charge in [0.1, 0.15) is 37.9 Å². The Kier molecular flexibility index (Phi) is 3.37. The maximum atomic E-state index is 3.22. The Balaban J connectivity index is 1.89. The number of nitrogens with one attached hydrogen (secondary N) is 2. The summed E-state index contributed by atoms with van der Waals surface area (Å²) >= 11 is 0. The van der Waals surface area contributed by atoms with Gasteiger partial charge in [0.15, 0.2) is 0 Å². The van der Waals surface area contributed by atoms with Crippen LogP contribution in [0.1, 0.15) is 22.8 Å². The number of benzene rings is 1. The normalized spacial score (nSPS) is 10.9. The van der Waals surface area contributed by atoms with Gasteiger partial charge in [-0.05, 0) is 0 Å². The molecule has 0 amide bonds. The van der Waals surface area contributed by atoms with Crippen LogP contribution >= 0.6 is 0 Å². The van der Waals surface area contributed by atoms with Gasteiger partial charge in [0.2, 0.25) is 0 Å². The third kappa shape index (κ3) is 2.50. The van der Waals surface area contributed by atoms with Gasteiger partial charge < -0.3 is 0 Å². The fraction of sp³-hybridized carbons (Fsp3) is 0.250. The van der Waals surface area contributed by atoms with E-state index in [1.807, 2.05) is 12.4 Å². The maximum Gasteiger partial charge on any atom is 0.251 e. The Morgan fingerprint density at radius 2 is 1.25 bits per heavy atom. The van der Waals surface area contributed by atoms with E-state index in [0.717, 1.165) is 13.1 Å². The first-order valence-corrected chi connectivity index (χ1v) is 6.87. The third-order valence-corrected chi connectivity index (χ3v) is 3.75. The fourth-order valence-corrected chi connectivity index (χ4v) is 2.46. The Labute approximate surface area is 118 Å². The maximum absolute atomic E-state index is 3.22. The second-order valence-corrected chi connectivity index (χ2v) is 5.12. The van der Waals surface area contributed by atoms with Gasteiger partial charge in [0.25, 0.3) is 11.6 Å². The number of hydrogen-bond acceptors (Lipinski definition) is 0. The summed E-state index contributed by atoms with van der Waals surface area (Å²) in [5.41, 5.74) is 2.71. The molecule has 0 fully saturated rings. The van der Waals surface area contributed by atoms with Gasteiger partial charge in [-0.2, -0.15) is 0 Å². The molecule has 2 N–H and O–H groups in total. The lowest BCUT2D eigenvalue weighted by molar-refractivity contribution is -0.698. The van der Waals surface area contributed by atoms with E-state index >= 15 is 0 Å². The molecule has 0 saturated carbocycles. The summed E-state index contributed by atoms with van der Waals surface area (Å²) in [7, 11) is 0. The van der Waals surface area contributed by atoms with E-state index in [4.69, 9.17) is 0 Å². The van der Waals surface area contributed by atoms with Crippen LogP contribution in [0.15, 0.2) is 49.1 Å². The number of aromatic nitrogens is 4. The van der Waals surface area contributed by atoms with Gasteiger partial charge in [-0.3, -0.25) is 0 Å². The first kappa shape index (κ1) is 12.7. The highest BCUT2D eigenvalue weighted by Gasteiger charge is 2.12. The Bertz CT molecular complexity index is 647. The lowest BCUT2D eigenvalue weighted by atomic mass is 10.1. The molecule has 0 aliphatic heterocycles. The number of aromatic amines is 2. The minimum Gasteiger partial charge on any atom is -0.248 e. The van der Waals surface area contributed by atoms with Gasteiger partial charge >= 0.3 is 0 Å². The highest BCUT2D eigenvalue weighted by molar-refractivity contribution is 5.25. The van der Waals surface area contributed by atoms with E-state index in [0.29, 0.717) is 0 Å². The minimum atomic E-state index is 0.898. The van der Waals surface area contributed by atoms with Crippen molar-refractivity contribution in [1.82, 2.24) is 9.97 Å². The molecule has 0 bridgehead atoms. The molecular formula is C16H20N4+2. The number of hydrogen-bond donors (Lipinski definition) is 2. The molecule has 2 heterocycles. The number of nitrogens with zero attached hydrogens (tertiary/aromatic N) is 2. The van der Waals surface area contributed by atoms with Crippen LogP contribution in [0.3, 0.4) is 0 Å². The van der Waals surface area contributed by atoms with Crippen LogP contribution in [-0.4, -0.2) is 9.97 Å². The monoisotopic (exact) mass is 268 g/mol. The molecular weight excluding hydrogens is 248 g/mol. The third-order valence-electron chi connectivity index (χ3n) is 3.75. The van der Waals surface area contributed by atoms with Crippen molar-refractivity contribution < 1.29 is 9.13 Å². The number of H-pyrrole nitrogens is 2. The second kappa shape index (κ2) is 5.33. The summed E-state index contributed by atoms with van der Waals surface area (Å²) in [6.07, 6.45) is 8.12. The van der Waals surface area contributed by atoms with Crippen molar-refractivity contribution >= 4 is 0 Å². The standard InChI is InChI=1S/C16H18N4/c1-13-17-7-9-19(13)11-15-5-3-4-6-16(15)12-20-10-8-18-14(20)2/h3-10H,11-12H2,1-2H3/p+2. The Morgan fingerprint density at radius 3 is 1.60 bits per heavy atom. The van der Waals surface area contributed by atoms with Crippen LogP contribution in [0.2, 0.25) is 0 Å². The molecule has 0 unspecified atom stereocenters. The van der Waals surface area contributed by atoms with Crippen LogP contribution in [0.4, 0.5) is 0 Å². The van der Waals surface area contributed by atoms with E-state index in [-0.39, 0.29) is 0 Å². The number of rotatable bonds is 4. The van der Waals surface area contributed by atoms with Gasteiger partial charge in [0.05, 0.1) is 0 Å². The predicted octanol–water partition coefficient (Wildman–Crippen LogP) is 1.63. The molecule has 0 aliphatic rings. The van der Waals surface area contributed by atoms with Crippen molar-refractivity contribution in [1.29, 1.82) is 0 Å². The predicted molar refractivity (Wildman–Crippen MR) is 76.1 cm³/mol. The van der Waals surface area contributed by atoms with Gasteiger partial charge in [-0.1, -0.05) is 24.3 Å². The first-order valence-electron chi connectivity index (χ1n) is 6.87. The molecule has 102 valence electrons. The minimum absolute atomic E-state index is 0.898. The Hall–Kier alpha value is -2.36. The van der Waals surface area contributed by atoms with E-state index in [1.54, 1.807) is 0 Å². The summed E-state index contributed by atoms with van der Waals surface area (Å²) in [4.78, 5) is 6.43. The summed E-state index contributed by atoms with van der Waals surface area (Å²) < 4.78 is 4.46. The first-order chi connectivity index (χ1) is 9.74. The highest BCUT2D eigenvalue weighted by atomic mass is 15.1. The molecule has 3 aromatic rings. The van der Waals surface area contributed by atoms with E-state index in [9.17, 15) is 0 Å². The average Bonchev–Trinajstić information content (AvgIpc) is 3.02. The number of imidazole rings is 2. The van der Waals surface area contributed by atoms with Crippen LogP contribution in [0.25, 0.3) is 0 Å². The average molecular weight is 268 g/mol. The molecule has 4 heteroatoms. The van der Waals surface area contributed by atoms with Crippen molar-refractivity contribution in [2.45, 2.75) is 26.9 Å². The molecule has 2 aromatic heterocycles. The summed E-state index contributed by atoms with van der Waals surface area (Å²) in [5.74, 6) is 2.34. The van der Waals surface area contributed by atoms with Crippen LogP contribution in [-0.2, 0) is 13.1 Å². The quantitative estimate of drug-likeness (QED) is 0.675. The summed E-state index contributed by atoms with van der Waals surface area (Å²) in [5, 5.41) is 0. The molecule has 0 spiro atoms. The highest BCUT2D eigenvalue weighted by Crippen LogP contribution is 2.08. The van der Waals surface area contributed by atoms with Crippen molar-refractivity contribution in [2.75, 3.05) is 0 Å². The largest absolute Gasteiger partial charge is 0.251 e. The van der Waals surface area contributed by atoms with Crippen molar-refractivity contribution in [2.24, 2.45) is 0 Å². The van der Waals surface area contributed by atoms with Crippen LogP contribution in [0, 0.1) is 13.8 Å². The molecule has 3 rings (SSSR count). The second-order valence-electron chi connectivity index (χ2n) is 5.12. The smallest absolute Gasteiger partial charge is 0.248 e. The topological polar surface area (TPSA) is 39.3 Å². The van der Waals surface area contributed by atoms with Crippen LogP contribution < -0.4 is 9.13 Å². The van der Waals surface area contributed by atoms with E-state index < -0.39 is 0 Å². The van der Waals surface area contributed by atoms with E-state index in [1.165, 1.54) is 22.8 Å². The van der Waals surface area contributed by atoms with Crippen molar-refractivity contribution in [3.63, 3.8) is 0 Å². The molecule has 4 nitrogen and oxygen atoms in total. The van der Waals surface area contributed by atoms with Crippen molar-refractivity contribution in [3.05, 3.63) is 71.8 Å². The lowest BCUT2D eigenvalue weighted by Crippen LogP contribution is -2.38. The van der Waals surface area contributed by atoms with Crippen molar-refractivity contribution in [3.8, 4) is 0 Å².